The van der Waals surface area contributed by atoms with Crippen LogP contribution in [0, 0.1) is 5.92 Å². The number of carbonyl (C=O) groups excluding carboxylic acids is 2. The number of benzene rings is 3. The summed E-state index contributed by atoms with van der Waals surface area (Å²) >= 11 is 3.65. The van der Waals surface area contributed by atoms with Crippen LogP contribution in [0.15, 0.2) is 77.3 Å². The molecule has 1 saturated carbocycles. The van der Waals surface area contributed by atoms with Crippen molar-refractivity contribution in [3.8, 4) is 11.4 Å². The Balaban J connectivity index is 1.39. The zero-order chi connectivity index (χ0) is 36.8. The molecule has 0 saturated heterocycles. The van der Waals surface area contributed by atoms with Gasteiger partial charge in [0.2, 0.25) is 0 Å². The van der Waals surface area contributed by atoms with E-state index in [0.717, 1.165) is 51.5 Å². The van der Waals surface area contributed by atoms with Crippen LogP contribution in [0.3, 0.4) is 0 Å². The number of hydrogen-bond donors (Lipinski definition) is 3. The number of unbranched alkanes of at least 4 members (excludes halogenated alkanes) is 1. The molecular formula is C38H43BrF3N5O4. The van der Waals surface area contributed by atoms with Gasteiger partial charge in [0.25, 0.3) is 5.91 Å². The van der Waals surface area contributed by atoms with E-state index in [1.807, 2.05) is 30.3 Å². The smallest absolute Gasteiger partial charge is 0.435 e. The van der Waals surface area contributed by atoms with E-state index in [0.29, 0.717) is 23.8 Å². The molecule has 0 radical (unpaired) electrons. The fraction of sp³-hybridized carbons (Fsp3) is 0.395. The number of nitrogens with one attached hydrogen (secondary N) is 3. The lowest BCUT2D eigenvalue weighted by Gasteiger charge is -2.22. The molecule has 1 aliphatic rings. The van der Waals surface area contributed by atoms with Crippen LogP contribution in [-0.2, 0) is 17.5 Å². The summed E-state index contributed by atoms with van der Waals surface area (Å²) in [6.45, 7) is 8.80. The molecule has 13 heteroatoms. The number of anilines is 1. The van der Waals surface area contributed by atoms with E-state index < -0.39 is 29.5 Å². The minimum Gasteiger partial charge on any atom is -0.492 e. The maximum Gasteiger partial charge on any atom is 0.435 e. The number of hydrogen-bond acceptors (Lipinski definition) is 6. The van der Waals surface area contributed by atoms with Gasteiger partial charge in [-0.3, -0.25) is 4.79 Å². The summed E-state index contributed by atoms with van der Waals surface area (Å²) in [4.78, 5) is 25.9. The number of aromatic nitrogens is 2. The van der Waals surface area contributed by atoms with Crippen LogP contribution in [0.4, 0.5) is 23.7 Å². The minimum absolute atomic E-state index is 0.0472. The molecule has 3 N–H and O–H groups in total. The van der Waals surface area contributed by atoms with Crippen molar-refractivity contribution >= 4 is 33.6 Å². The second-order valence-electron chi connectivity index (χ2n) is 13.6. The molecule has 272 valence electrons. The van der Waals surface area contributed by atoms with Gasteiger partial charge in [-0.15, -0.1) is 0 Å². The Hall–Kier alpha value is -4.36. The summed E-state index contributed by atoms with van der Waals surface area (Å²) in [5, 5.41) is 12.8. The summed E-state index contributed by atoms with van der Waals surface area (Å²) in [6, 6.07) is 20.1. The van der Waals surface area contributed by atoms with Crippen molar-refractivity contribution in [1.82, 2.24) is 20.4 Å². The summed E-state index contributed by atoms with van der Waals surface area (Å²) in [6.07, 6.45) is -1.11. The van der Waals surface area contributed by atoms with Crippen molar-refractivity contribution in [3.63, 3.8) is 0 Å². The van der Waals surface area contributed by atoms with Crippen molar-refractivity contribution in [3.05, 3.63) is 105 Å². The monoisotopic (exact) mass is 769 g/mol. The van der Waals surface area contributed by atoms with Crippen molar-refractivity contribution in [2.24, 2.45) is 5.92 Å². The molecule has 0 bridgehead atoms. The molecule has 4 aromatic rings. The zero-order valence-corrected chi connectivity index (χ0v) is 30.7. The standard InChI is InChI=1S/C38H43BrF3N5O4/c1-5-6-17-50-32-16-15-27(20-30(32)39)34(43-22-24-13-14-24)26-10-8-11-28(19-26)45-35(48)31-21-33(38(40,41)42)46-47(31)29-12-7-9-25(18-29)23-44-36(49)51-37(2,3)4/h7-12,15-16,18-21,24,34,43H,5-6,13-14,17,22-23H2,1-4H3,(H,44,49)(H,45,48). The van der Waals surface area contributed by atoms with Gasteiger partial charge >= 0.3 is 12.3 Å². The molecule has 9 nitrogen and oxygen atoms in total. The van der Waals surface area contributed by atoms with Crippen LogP contribution >= 0.6 is 15.9 Å². The largest absolute Gasteiger partial charge is 0.492 e. The molecule has 2 amide bonds. The molecule has 0 aliphatic heterocycles. The fourth-order valence-electron chi connectivity index (χ4n) is 5.33. The Morgan fingerprint density at radius 1 is 1.00 bits per heavy atom. The minimum atomic E-state index is -4.79. The third-order valence-corrected chi connectivity index (χ3v) is 8.67. The summed E-state index contributed by atoms with van der Waals surface area (Å²) in [5.74, 6) is 0.588. The van der Waals surface area contributed by atoms with E-state index in [-0.39, 0.29) is 24.0 Å². The van der Waals surface area contributed by atoms with Gasteiger partial charge in [-0.25, -0.2) is 9.48 Å². The maximum atomic E-state index is 13.9. The highest BCUT2D eigenvalue weighted by atomic mass is 79.9. The first-order valence-corrected chi connectivity index (χ1v) is 17.8. The van der Waals surface area contributed by atoms with E-state index in [1.54, 1.807) is 51.1 Å². The number of alkyl halides is 3. The van der Waals surface area contributed by atoms with Gasteiger partial charge < -0.3 is 25.4 Å². The highest BCUT2D eigenvalue weighted by Gasteiger charge is 2.36. The summed E-state index contributed by atoms with van der Waals surface area (Å²) in [5.41, 5.74) is 0.828. The van der Waals surface area contributed by atoms with Crippen molar-refractivity contribution < 1.29 is 32.2 Å². The van der Waals surface area contributed by atoms with Crippen LogP contribution < -0.4 is 20.7 Å². The second-order valence-corrected chi connectivity index (χ2v) is 14.5. The highest BCUT2D eigenvalue weighted by Crippen LogP contribution is 2.35. The Morgan fingerprint density at radius 3 is 2.43 bits per heavy atom. The van der Waals surface area contributed by atoms with Gasteiger partial charge in [0, 0.05) is 18.3 Å². The molecule has 3 aromatic carbocycles. The molecule has 1 aromatic heterocycles. The molecule has 1 aliphatic carbocycles. The lowest BCUT2D eigenvalue weighted by molar-refractivity contribution is -0.141. The predicted molar refractivity (Wildman–Crippen MR) is 193 cm³/mol. The quantitative estimate of drug-likeness (QED) is 0.111. The van der Waals surface area contributed by atoms with Gasteiger partial charge in [-0.2, -0.15) is 18.3 Å². The van der Waals surface area contributed by atoms with E-state index in [2.05, 4.69) is 43.9 Å². The Morgan fingerprint density at radius 2 is 1.75 bits per heavy atom. The van der Waals surface area contributed by atoms with E-state index in [1.165, 1.54) is 18.9 Å². The van der Waals surface area contributed by atoms with Crippen LogP contribution in [-0.4, -0.2) is 40.5 Å². The molecule has 5 rings (SSSR count). The number of amides is 2. The van der Waals surface area contributed by atoms with Gasteiger partial charge in [-0.1, -0.05) is 43.7 Å². The van der Waals surface area contributed by atoms with Crippen LogP contribution in [0.2, 0.25) is 0 Å². The van der Waals surface area contributed by atoms with Crippen LogP contribution in [0.1, 0.15) is 92.3 Å². The highest BCUT2D eigenvalue weighted by molar-refractivity contribution is 9.10. The maximum absolute atomic E-state index is 13.9. The number of alkyl carbamates (subject to hydrolysis) is 1. The second kappa shape index (κ2) is 16.3. The van der Waals surface area contributed by atoms with Crippen LogP contribution in [0.25, 0.3) is 5.69 Å². The molecular weight excluding hydrogens is 727 g/mol. The third-order valence-electron chi connectivity index (χ3n) is 8.05. The number of nitrogens with zero attached hydrogens (tertiary/aromatic N) is 2. The first-order valence-electron chi connectivity index (χ1n) is 17.0. The van der Waals surface area contributed by atoms with E-state index >= 15 is 0 Å². The summed E-state index contributed by atoms with van der Waals surface area (Å²) in [7, 11) is 0. The average molecular weight is 771 g/mol. The molecule has 1 unspecified atom stereocenters. The van der Waals surface area contributed by atoms with E-state index in [4.69, 9.17) is 9.47 Å². The fourth-order valence-corrected chi connectivity index (χ4v) is 5.84. The van der Waals surface area contributed by atoms with E-state index in [9.17, 15) is 22.8 Å². The van der Waals surface area contributed by atoms with Gasteiger partial charge in [0.1, 0.15) is 17.0 Å². The molecule has 1 heterocycles. The first kappa shape index (κ1) is 37.9. The van der Waals surface area contributed by atoms with Gasteiger partial charge in [0.15, 0.2) is 5.69 Å². The molecule has 1 fully saturated rings. The Kier molecular flexibility index (Phi) is 12.1. The SMILES string of the molecule is CCCCOc1ccc(C(NCC2CC2)c2cccc(NC(=O)c3cc(C(F)(F)F)nn3-c3cccc(CNC(=O)OC(C)(C)C)c3)c2)cc1Br. The van der Waals surface area contributed by atoms with Gasteiger partial charge in [0.05, 0.1) is 22.8 Å². The third kappa shape index (κ3) is 10.8. The Labute approximate surface area is 304 Å². The molecule has 51 heavy (non-hydrogen) atoms. The van der Waals surface area contributed by atoms with Crippen molar-refractivity contribution in [1.29, 1.82) is 0 Å². The summed E-state index contributed by atoms with van der Waals surface area (Å²) < 4.78 is 54.7. The average Bonchev–Trinajstić information content (AvgIpc) is 3.77. The normalized spacial score (nSPS) is 13.8. The number of ether oxygens (including phenoxy) is 2. The topological polar surface area (TPSA) is 107 Å². The number of rotatable bonds is 14. The van der Waals surface area contributed by atoms with Gasteiger partial charge in [-0.05, 0) is 122 Å². The predicted octanol–water partition coefficient (Wildman–Crippen LogP) is 9.20. The van der Waals surface area contributed by atoms with Crippen molar-refractivity contribution in [2.75, 3.05) is 18.5 Å². The van der Waals surface area contributed by atoms with Crippen molar-refractivity contribution in [2.45, 2.75) is 77.7 Å². The number of halogens is 4. The molecule has 0 spiro atoms. The first-order chi connectivity index (χ1) is 24.2. The van der Waals surface area contributed by atoms with Crippen LogP contribution in [0.5, 0.6) is 5.75 Å². The lowest BCUT2D eigenvalue weighted by Crippen LogP contribution is -2.32. The Bertz CT molecular complexity index is 1830. The zero-order valence-electron chi connectivity index (χ0n) is 29.1. The molecule has 1 atom stereocenters. The number of carbonyl (C=O) groups is 2. The lowest BCUT2D eigenvalue weighted by atomic mass is 9.97.